The van der Waals surface area contributed by atoms with E-state index in [0.29, 0.717) is 6.54 Å². The van der Waals surface area contributed by atoms with E-state index >= 15 is 0 Å². The Morgan fingerprint density at radius 2 is 2.32 bits per heavy atom. The Hall–Kier alpha value is -1.73. The predicted molar refractivity (Wildman–Crippen MR) is 71.4 cm³/mol. The average molecular weight is 287 g/mol. The smallest absolute Gasteiger partial charge is 0.319 e. The molecule has 104 valence electrons. The van der Waals surface area contributed by atoms with Crippen LogP contribution in [0.1, 0.15) is 16.8 Å². The number of hydrogen-bond acceptors (Lipinski definition) is 5. The number of aromatic nitrogens is 1. The number of hydrogen-bond donors (Lipinski definition) is 1. The van der Waals surface area contributed by atoms with Gasteiger partial charge in [-0.05, 0) is 26.1 Å². The largest absolute Gasteiger partial charge is 0.341 e. The zero-order valence-corrected chi connectivity index (χ0v) is 11.5. The predicted octanol–water partition coefficient (Wildman–Crippen LogP) is 1.32. The second kappa shape index (κ2) is 7.01. The van der Waals surface area contributed by atoms with E-state index in [4.69, 9.17) is 11.6 Å². The molecule has 1 aromatic rings. The van der Waals surface area contributed by atoms with Crippen molar-refractivity contribution in [3.8, 4) is 0 Å². The molecule has 0 fully saturated rings. The van der Waals surface area contributed by atoms with Crippen LogP contribution in [-0.4, -0.2) is 47.9 Å². The highest BCUT2D eigenvalue weighted by molar-refractivity contribution is 6.32. The number of rotatable bonds is 6. The first-order chi connectivity index (χ1) is 8.99. The highest BCUT2D eigenvalue weighted by atomic mass is 35.5. The van der Waals surface area contributed by atoms with E-state index in [1.54, 1.807) is 7.05 Å². The summed E-state index contributed by atoms with van der Waals surface area (Å²) in [5, 5.41) is 13.6. The van der Waals surface area contributed by atoms with E-state index < -0.39 is 16.5 Å². The minimum absolute atomic E-state index is 0.0445. The summed E-state index contributed by atoms with van der Waals surface area (Å²) in [5.74, 6) is -0.438. The molecule has 0 bridgehead atoms. The lowest BCUT2D eigenvalue weighted by Gasteiger charge is -2.17. The molecule has 1 rings (SSSR count). The second-order valence-electron chi connectivity index (χ2n) is 3.94. The molecule has 0 saturated carbocycles. The molecule has 1 heterocycles. The van der Waals surface area contributed by atoms with E-state index in [-0.39, 0.29) is 10.7 Å². The number of nitro groups is 1. The lowest BCUT2D eigenvalue weighted by molar-refractivity contribution is -0.385. The Morgan fingerprint density at radius 1 is 1.63 bits per heavy atom. The molecule has 0 atom stereocenters. The Kier molecular flexibility index (Phi) is 5.65. The Bertz CT molecular complexity index is 481. The van der Waals surface area contributed by atoms with Gasteiger partial charge >= 0.3 is 5.69 Å². The van der Waals surface area contributed by atoms with Crippen molar-refractivity contribution in [3.05, 3.63) is 33.1 Å². The van der Waals surface area contributed by atoms with Crippen LogP contribution in [0.3, 0.4) is 0 Å². The first-order valence-corrected chi connectivity index (χ1v) is 6.05. The standard InChI is InChI=1S/C11H15ClN4O3/c1-13-5-3-7-15(2)11(17)8-4-6-14-10(12)9(8)16(18)19/h4,6,13H,3,5,7H2,1-2H3. The summed E-state index contributed by atoms with van der Waals surface area (Å²) in [6.07, 6.45) is 2.04. The quantitative estimate of drug-likeness (QED) is 0.369. The molecule has 1 amide bonds. The molecule has 1 aromatic heterocycles. The normalized spacial score (nSPS) is 10.3. The maximum Gasteiger partial charge on any atom is 0.319 e. The van der Waals surface area contributed by atoms with Gasteiger partial charge in [0.15, 0.2) is 0 Å². The minimum Gasteiger partial charge on any atom is -0.341 e. The van der Waals surface area contributed by atoms with Gasteiger partial charge in [0.1, 0.15) is 5.56 Å². The lowest BCUT2D eigenvalue weighted by Crippen LogP contribution is -2.30. The average Bonchev–Trinajstić information content (AvgIpc) is 2.37. The van der Waals surface area contributed by atoms with E-state index in [9.17, 15) is 14.9 Å². The van der Waals surface area contributed by atoms with E-state index in [0.717, 1.165) is 13.0 Å². The number of carbonyl (C=O) groups excluding carboxylic acids is 1. The molecule has 0 radical (unpaired) electrons. The van der Waals surface area contributed by atoms with E-state index in [1.165, 1.54) is 17.2 Å². The van der Waals surface area contributed by atoms with Gasteiger partial charge < -0.3 is 10.2 Å². The number of nitrogens with zero attached hydrogens (tertiary/aromatic N) is 3. The van der Waals surface area contributed by atoms with Crippen molar-refractivity contribution in [2.75, 3.05) is 27.2 Å². The van der Waals surface area contributed by atoms with Crippen LogP contribution in [0.15, 0.2) is 12.3 Å². The van der Waals surface area contributed by atoms with Crippen LogP contribution >= 0.6 is 11.6 Å². The van der Waals surface area contributed by atoms with Gasteiger partial charge in [-0.2, -0.15) is 0 Å². The molecular weight excluding hydrogens is 272 g/mol. The van der Waals surface area contributed by atoms with Gasteiger partial charge in [0.25, 0.3) is 5.91 Å². The third-order valence-electron chi connectivity index (χ3n) is 2.56. The van der Waals surface area contributed by atoms with Crippen LogP contribution in [0.4, 0.5) is 5.69 Å². The fourth-order valence-electron chi connectivity index (χ4n) is 1.57. The zero-order chi connectivity index (χ0) is 14.4. The minimum atomic E-state index is -0.690. The molecule has 8 heteroatoms. The van der Waals surface area contributed by atoms with Crippen LogP contribution < -0.4 is 5.32 Å². The summed E-state index contributed by atoms with van der Waals surface area (Å²) < 4.78 is 0. The molecule has 7 nitrogen and oxygen atoms in total. The van der Waals surface area contributed by atoms with Crippen LogP contribution in [0.2, 0.25) is 5.15 Å². The van der Waals surface area contributed by atoms with Crippen LogP contribution in [0, 0.1) is 10.1 Å². The lowest BCUT2D eigenvalue weighted by atomic mass is 10.2. The van der Waals surface area contributed by atoms with Gasteiger partial charge in [-0.3, -0.25) is 14.9 Å². The molecule has 0 aromatic carbocycles. The topological polar surface area (TPSA) is 88.4 Å². The Balaban J connectivity index is 2.93. The zero-order valence-electron chi connectivity index (χ0n) is 10.7. The molecule has 19 heavy (non-hydrogen) atoms. The molecular formula is C11H15ClN4O3. The van der Waals surface area contributed by atoms with Crippen molar-refractivity contribution in [2.45, 2.75) is 6.42 Å². The first-order valence-electron chi connectivity index (χ1n) is 5.68. The van der Waals surface area contributed by atoms with Crippen molar-refractivity contribution in [1.82, 2.24) is 15.2 Å². The second-order valence-corrected chi connectivity index (χ2v) is 4.30. The number of carbonyl (C=O) groups is 1. The van der Waals surface area contributed by atoms with Crippen LogP contribution in [-0.2, 0) is 0 Å². The fourth-order valence-corrected chi connectivity index (χ4v) is 1.80. The summed E-state index contributed by atoms with van der Waals surface area (Å²) in [4.78, 5) is 27.4. The van der Waals surface area contributed by atoms with Crippen molar-refractivity contribution in [3.63, 3.8) is 0 Å². The summed E-state index contributed by atoms with van der Waals surface area (Å²) >= 11 is 5.67. The Labute approximate surface area is 115 Å². The van der Waals surface area contributed by atoms with Crippen molar-refractivity contribution in [1.29, 1.82) is 0 Å². The molecule has 1 N–H and O–H groups in total. The number of halogens is 1. The summed E-state index contributed by atoms with van der Waals surface area (Å²) in [6.45, 7) is 1.26. The van der Waals surface area contributed by atoms with Gasteiger partial charge in [-0.1, -0.05) is 11.6 Å². The van der Waals surface area contributed by atoms with Gasteiger partial charge in [-0.25, -0.2) is 4.98 Å². The molecule has 0 aliphatic heterocycles. The summed E-state index contributed by atoms with van der Waals surface area (Å²) in [5.41, 5.74) is -0.494. The number of pyridine rings is 1. The summed E-state index contributed by atoms with van der Waals surface area (Å²) in [6, 6.07) is 1.31. The van der Waals surface area contributed by atoms with Gasteiger partial charge in [0.2, 0.25) is 5.15 Å². The third-order valence-corrected chi connectivity index (χ3v) is 2.84. The van der Waals surface area contributed by atoms with Crippen molar-refractivity contribution in [2.24, 2.45) is 0 Å². The highest BCUT2D eigenvalue weighted by Crippen LogP contribution is 2.26. The van der Waals surface area contributed by atoms with E-state index in [1.807, 2.05) is 7.05 Å². The Morgan fingerprint density at radius 3 is 2.89 bits per heavy atom. The molecule has 0 saturated heterocycles. The number of nitrogens with one attached hydrogen (secondary N) is 1. The van der Waals surface area contributed by atoms with Crippen LogP contribution in [0.25, 0.3) is 0 Å². The fraction of sp³-hybridized carbons (Fsp3) is 0.455. The molecule has 0 unspecified atom stereocenters. The van der Waals surface area contributed by atoms with Gasteiger partial charge in [0, 0.05) is 19.8 Å². The van der Waals surface area contributed by atoms with Crippen molar-refractivity contribution < 1.29 is 9.72 Å². The number of amides is 1. The molecule has 0 spiro atoms. The van der Waals surface area contributed by atoms with E-state index in [2.05, 4.69) is 10.3 Å². The maximum atomic E-state index is 12.1. The van der Waals surface area contributed by atoms with Gasteiger partial charge in [-0.15, -0.1) is 0 Å². The molecule has 0 aliphatic rings. The molecule has 0 aliphatic carbocycles. The third kappa shape index (κ3) is 3.87. The van der Waals surface area contributed by atoms with Crippen molar-refractivity contribution >= 4 is 23.2 Å². The maximum absolute atomic E-state index is 12.1. The monoisotopic (exact) mass is 286 g/mol. The summed E-state index contributed by atoms with van der Waals surface area (Å²) in [7, 11) is 3.41. The SMILES string of the molecule is CNCCCN(C)C(=O)c1ccnc(Cl)c1[N+](=O)[O-]. The first kappa shape index (κ1) is 15.3. The van der Waals surface area contributed by atoms with Crippen LogP contribution in [0.5, 0.6) is 0 Å². The van der Waals surface area contributed by atoms with Gasteiger partial charge in [0.05, 0.1) is 4.92 Å². The highest BCUT2D eigenvalue weighted by Gasteiger charge is 2.26.